The molecule has 3 rings (SSSR count). The molecule has 1 aromatic carbocycles. The molecule has 0 fully saturated rings. The predicted octanol–water partition coefficient (Wildman–Crippen LogP) is 4.72. The molecule has 0 saturated heterocycles. The van der Waals surface area contributed by atoms with Crippen LogP contribution in [0, 0.1) is 0 Å². The molecule has 2 heterocycles. The van der Waals surface area contributed by atoms with Gasteiger partial charge in [0.05, 0.1) is 11.3 Å². The molecule has 2 aromatic heterocycles. The van der Waals surface area contributed by atoms with Crippen molar-refractivity contribution < 1.29 is 13.2 Å². The van der Waals surface area contributed by atoms with Gasteiger partial charge in [-0.3, -0.25) is 4.98 Å². The number of nitrogens with one attached hydrogen (secondary N) is 1. The molecule has 0 radical (unpaired) electrons. The number of rotatable bonds is 3. The fourth-order valence-corrected chi connectivity index (χ4v) is 2.00. The highest BCUT2D eigenvalue weighted by Gasteiger charge is 2.30. The molecule has 1 N–H and O–H groups in total. The highest BCUT2D eigenvalue weighted by Crippen LogP contribution is 2.31. The van der Waals surface area contributed by atoms with Gasteiger partial charge in [0.1, 0.15) is 0 Å². The normalized spacial score (nSPS) is 10.8. The van der Waals surface area contributed by atoms with Crippen LogP contribution in [0.15, 0.2) is 61.1 Å². The van der Waals surface area contributed by atoms with Gasteiger partial charge in [-0.05, 0) is 36.4 Å². The molecule has 0 spiro atoms. The van der Waals surface area contributed by atoms with Crippen molar-refractivity contribution in [3.63, 3.8) is 0 Å². The number of pyridine rings is 1. The van der Waals surface area contributed by atoms with Crippen LogP contribution in [0.4, 0.5) is 24.8 Å². The molecular formula is C16H12ClF3N4. The van der Waals surface area contributed by atoms with Gasteiger partial charge in [0.15, 0.2) is 0 Å². The molecule has 4 nitrogen and oxygen atoms in total. The molecule has 0 aliphatic rings. The summed E-state index contributed by atoms with van der Waals surface area (Å²) in [5, 5.41) is 2.78. The number of anilines is 2. The van der Waals surface area contributed by atoms with Crippen molar-refractivity contribution >= 4 is 24.0 Å². The lowest BCUT2D eigenvalue weighted by Crippen LogP contribution is -2.05. The van der Waals surface area contributed by atoms with Gasteiger partial charge in [0.2, 0.25) is 5.95 Å². The molecule has 0 aliphatic heterocycles. The summed E-state index contributed by atoms with van der Waals surface area (Å²) < 4.78 is 38.2. The van der Waals surface area contributed by atoms with E-state index in [1.54, 1.807) is 24.5 Å². The van der Waals surface area contributed by atoms with Crippen LogP contribution < -0.4 is 5.32 Å². The van der Waals surface area contributed by atoms with Crippen molar-refractivity contribution in [2.24, 2.45) is 0 Å². The molecule has 124 valence electrons. The minimum atomic E-state index is -4.39. The summed E-state index contributed by atoms with van der Waals surface area (Å²) in [6.07, 6.45) is 0.435. The van der Waals surface area contributed by atoms with E-state index in [1.807, 2.05) is 6.07 Å². The maximum Gasteiger partial charge on any atom is 0.416 e. The smallest absolute Gasteiger partial charge is 0.324 e. The van der Waals surface area contributed by atoms with Crippen LogP contribution in [-0.4, -0.2) is 15.0 Å². The zero-order chi connectivity index (χ0) is 16.3. The SMILES string of the molecule is Cl.FC(F)(F)c1cccc(Nc2nccc(-c3cccnc3)n2)c1. The van der Waals surface area contributed by atoms with Crippen molar-refractivity contribution in [1.29, 1.82) is 0 Å². The second-order valence-electron chi connectivity index (χ2n) is 4.71. The van der Waals surface area contributed by atoms with Gasteiger partial charge >= 0.3 is 6.18 Å². The summed E-state index contributed by atoms with van der Waals surface area (Å²) in [5.74, 6) is 0.214. The Morgan fingerprint density at radius 3 is 2.50 bits per heavy atom. The summed E-state index contributed by atoms with van der Waals surface area (Å²) in [4.78, 5) is 12.3. The Morgan fingerprint density at radius 1 is 0.958 bits per heavy atom. The van der Waals surface area contributed by atoms with Crippen LogP contribution in [0.3, 0.4) is 0 Å². The Labute approximate surface area is 142 Å². The lowest BCUT2D eigenvalue weighted by atomic mass is 10.2. The molecule has 0 aliphatic carbocycles. The van der Waals surface area contributed by atoms with Crippen molar-refractivity contribution in [2.75, 3.05) is 5.32 Å². The first-order chi connectivity index (χ1) is 11.0. The van der Waals surface area contributed by atoms with E-state index in [1.165, 1.54) is 18.3 Å². The third-order valence-electron chi connectivity index (χ3n) is 3.06. The number of benzene rings is 1. The van der Waals surface area contributed by atoms with E-state index in [-0.39, 0.29) is 24.0 Å². The van der Waals surface area contributed by atoms with Crippen molar-refractivity contribution in [3.05, 3.63) is 66.6 Å². The van der Waals surface area contributed by atoms with Gasteiger partial charge in [0.25, 0.3) is 0 Å². The van der Waals surface area contributed by atoms with Crippen LogP contribution in [-0.2, 0) is 6.18 Å². The monoisotopic (exact) mass is 352 g/mol. The number of nitrogens with zero attached hydrogens (tertiary/aromatic N) is 3. The Morgan fingerprint density at radius 2 is 1.79 bits per heavy atom. The zero-order valence-corrected chi connectivity index (χ0v) is 13.0. The van der Waals surface area contributed by atoms with E-state index in [0.717, 1.165) is 17.7 Å². The van der Waals surface area contributed by atoms with Gasteiger partial charge in [-0.1, -0.05) is 6.07 Å². The fourth-order valence-electron chi connectivity index (χ4n) is 2.00. The Balaban J connectivity index is 0.00000208. The van der Waals surface area contributed by atoms with E-state index in [0.29, 0.717) is 5.69 Å². The first-order valence-electron chi connectivity index (χ1n) is 6.70. The minimum absolute atomic E-state index is 0. The number of aromatic nitrogens is 3. The first kappa shape index (κ1) is 17.7. The fraction of sp³-hybridized carbons (Fsp3) is 0.0625. The molecule has 3 aromatic rings. The van der Waals surface area contributed by atoms with Crippen LogP contribution in [0.25, 0.3) is 11.3 Å². The van der Waals surface area contributed by atoms with E-state index in [2.05, 4.69) is 20.3 Å². The molecule has 0 saturated carbocycles. The molecular weight excluding hydrogens is 341 g/mol. The van der Waals surface area contributed by atoms with Gasteiger partial charge in [0, 0.05) is 29.8 Å². The third-order valence-corrected chi connectivity index (χ3v) is 3.06. The van der Waals surface area contributed by atoms with E-state index < -0.39 is 11.7 Å². The lowest BCUT2D eigenvalue weighted by molar-refractivity contribution is -0.137. The van der Waals surface area contributed by atoms with E-state index in [9.17, 15) is 13.2 Å². The highest BCUT2D eigenvalue weighted by atomic mass is 35.5. The van der Waals surface area contributed by atoms with Crippen LogP contribution in [0.5, 0.6) is 0 Å². The summed E-state index contributed by atoms with van der Waals surface area (Å²) in [6, 6.07) is 10.2. The van der Waals surface area contributed by atoms with Crippen molar-refractivity contribution in [3.8, 4) is 11.3 Å². The van der Waals surface area contributed by atoms with Gasteiger partial charge in [-0.15, -0.1) is 12.4 Å². The largest absolute Gasteiger partial charge is 0.416 e. The summed E-state index contributed by atoms with van der Waals surface area (Å²) in [5.41, 5.74) is 0.957. The molecule has 24 heavy (non-hydrogen) atoms. The van der Waals surface area contributed by atoms with Gasteiger partial charge < -0.3 is 5.32 Å². The van der Waals surface area contributed by atoms with Crippen molar-refractivity contribution in [1.82, 2.24) is 15.0 Å². The second-order valence-corrected chi connectivity index (χ2v) is 4.71. The van der Waals surface area contributed by atoms with Crippen LogP contribution in [0.1, 0.15) is 5.56 Å². The summed E-state index contributed by atoms with van der Waals surface area (Å²) >= 11 is 0. The predicted molar refractivity (Wildman–Crippen MR) is 87.2 cm³/mol. The standard InChI is InChI=1S/C16H11F3N4.ClH/c17-16(18,19)12-4-1-5-13(9-12)22-15-21-8-6-14(23-15)11-3-2-7-20-10-11;/h1-10H,(H,21,22,23);1H. The van der Waals surface area contributed by atoms with E-state index in [4.69, 9.17) is 0 Å². The first-order valence-corrected chi connectivity index (χ1v) is 6.70. The number of alkyl halides is 3. The Kier molecular flexibility index (Phi) is 5.35. The number of hydrogen-bond acceptors (Lipinski definition) is 4. The lowest BCUT2D eigenvalue weighted by Gasteiger charge is -2.10. The Bertz CT molecular complexity index is 810. The van der Waals surface area contributed by atoms with Crippen LogP contribution >= 0.6 is 12.4 Å². The minimum Gasteiger partial charge on any atom is -0.324 e. The number of hydrogen-bond donors (Lipinski definition) is 1. The third kappa shape index (κ3) is 4.20. The molecule has 0 bridgehead atoms. The zero-order valence-electron chi connectivity index (χ0n) is 12.2. The second kappa shape index (κ2) is 7.27. The van der Waals surface area contributed by atoms with Gasteiger partial charge in [-0.2, -0.15) is 13.2 Å². The average Bonchev–Trinajstić information content (AvgIpc) is 2.55. The van der Waals surface area contributed by atoms with Crippen molar-refractivity contribution in [2.45, 2.75) is 6.18 Å². The quantitative estimate of drug-likeness (QED) is 0.740. The molecule has 0 amide bonds. The summed E-state index contributed by atoms with van der Waals surface area (Å²) in [6.45, 7) is 0. The van der Waals surface area contributed by atoms with Gasteiger partial charge in [-0.25, -0.2) is 9.97 Å². The summed E-state index contributed by atoms with van der Waals surface area (Å²) in [7, 11) is 0. The van der Waals surface area contributed by atoms with Crippen LogP contribution in [0.2, 0.25) is 0 Å². The topological polar surface area (TPSA) is 50.7 Å². The Hall–Kier alpha value is -2.67. The van der Waals surface area contributed by atoms with E-state index >= 15 is 0 Å². The maximum atomic E-state index is 12.7. The molecule has 0 unspecified atom stereocenters. The number of halogens is 4. The highest BCUT2D eigenvalue weighted by molar-refractivity contribution is 5.85. The average molecular weight is 353 g/mol. The maximum absolute atomic E-state index is 12.7. The molecule has 0 atom stereocenters. The molecule has 8 heteroatoms.